The van der Waals surface area contributed by atoms with E-state index in [1.807, 2.05) is 20.8 Å². The molecule has 0 bridgehead atoms. The van der Waals surface area contributed by atoms with Crippen LogP contribution in [-0.4, -0.2) is 35.7 Å². The van der Waals surface area contributed by atoms with Gasteiger partial charge < -0.3 is 10.1 Å². The third kappa shape index (κ3) is 4.50. The minimum absolute atomic E-state index is 0. The fraction of sp³-hybridized carbons (Fsp3) is 0.650. The van der Waals surface area contributed by atoms with Gasteiger partial charge in [0.25, 0.3) is 0 Å². The van der Waals surface area contributed by atoms with E-state index in [1.165, 1.54) is 43.5 Å². The molecule has 1 N–H and O–H groups in total. The molecule has 0 saturated heterocycles. The number of hydrogen-bond acceptors (Lipinski definition) is 3. The van der Waals surface area contributed by atoms with Gasteiger partial charge in [0.15, 0.2) is 0 Å². The van der Waals surface area contributed by atoms with Gasteiger partial charge in [0.2, 0.25) is 0 Å². The van der Waals surface area contributed by atoms with Gasteiger partial charge in [-0.25, -0.2) is 4.79 Å². The number of nitrogens with zero attached hydrogens (tertiary/aromatic N) is 1. The maximum Gasteiger partial charge on any atom is 0.407 e. The summed E-state index contributed by atoms with van der Waals surface area (Å²) in [6, 6.07) is 7.46. The fourth-order valence-corrected chi connectivity index (χ4v) is 3.51. The lowest BCUT2D eigenvalue weighted by molar-refractivity contribution is 0.0523. The highest BCUT2D eigenvalue weighted by Gasteiger charge is 2.26. The van der Waals surface area contributed by atoms with Crippen molar-refractivity contribution < 1.29 is 11.0 Å². The third-order valence-corrected chi connectivity index (χ3v) is 5.03. The van der Waals surface area contributed by atoms with Gasteiger partial charge in [0, 0.05) is 27.1 Å². The minimum Gasteiger partial charge on any atom is -0.444 e. The zero-order valence-electron chi connectivity index (χ0n) is 15.2. The van der Waals surface area contributed by atoms with Crippen LogP contribution in [0.2, 0.25) is 0 Å². The highest BCUT2D eigenvalue weighted by molar-refractivity contribution is 5.67. The van der Waals surface area contributed by atoms with Crippen LogP contribution < -0.4 is 5.32 Å². The van der Waals surface area contributed by atoms with Gasteiger partial charge in [-0.05, 0) is 63.1 Å². The first-order valence-corrected chi connectivity index (χ1v) is 9.22. The summed E-state index contributed by atoms with van der Waals surface area (Å²) in [6.45, 7) is 8.51. The van der Waals surface area contributed by atoms with Crippen LogP contribution in [0.5, 0.6) is 0 Å². The number of amides is 1. The molecule has 2 aliphatic rings. The van der Waals surface area contributed by atoms with Crippen molar-refractivity contribution in [2.45, 2.75) is 71.1 Å². The molecule has 1 amide bonds. The predicted molar refractivity (Wildman–Crippen MR) is 98.2 cm³/mol. The molecule has 1 heterocycles. The predicted octanol–water partition coefficient (Wildman–Crippen LogP) is 3.91. The first-order chi connectivity index (χ1) is 11.4. The molecule has 1 saturated carbocycles. The van der Waals surface area contributed by atoms with Crippen LogP contribution in [0.15, 0.2) is 18.2 Å². The van der Waals surface area contributed by atoms with E-state index in [0.717, 1.165) is 24.4 Å². The molecule has 0 atom stereocenters. The van der Waals surface area contributed by atoms with E-state index in [2.05, 4.69) is 28.4 Å². The standard InChI is InChI=1S/C20H30N2O2.H2/c1-20(2,3)24-19(23)21-14-15-7-8-16-9-11-22(18-5-4-6-18)12-10-17(16)13-15;/h7-8,13,18H,4-6,9-12,14H2,1-3H3,(H,21,23);1H. The molecule has 0 spiro atoms. The van der Waals surface area contributed by atoms with E-state index >= 15 is 0 Å². The summed E-state index contributed by atoms with van der Waals surface area (Å²) < 4.78 is 5.29. The van der Waals surface area contributed by atoms with Crippen molar-refractivity contribution in [2.24, 2.45) is 0 Å². The topological polar surface area (TPSA) is 41.6 Å². The van der Waals surface area contributed by atoms with Crippen LogP contribution in [0.3, 0.4) is 0 Å². The molecule has 0 aromatic heterocycles. The number of carbonyl (C=O) groups excluding carboxylic acids is 1. The summed E-state index contributed by atoms with van der Waals surface area (Å²) in [6.07, 6.45) is 6.06. The van der Waals surface area contributed by atoms with Gasteiger partial charge in [-0.3, -0.25) is 4.90 Å². The molecule has 1 fully saturated rings. The molecule has 4 heteroatoms. The molecule has 1 aromatic rings. The molecule has 3 rings (SSSR count). The van der Waals surface area contributed by atoms with Crippen LogP contribution in [0.1, 0.15) is 58.2 Å². The molecule has 1 aromatic carbocycles. The summed E-state index contributed by atoms with van der Waals surface area (Å²) in [4.78, 5) is 14.5. The van der Waals surface area contributed by atoms with Crippen LogP contribution in [0, 0.1) is 0 Å². The lowest BCUT2D eigenvalue weighted by Crippen LogP contribution is -2.41. The molecule has 0 unspecified atom stereocenters. The largest absolute Gasteiger partial charge is 0.444 e. The van der Waals surface area contributed by atoms with Crippen molar-refractivity contribution in [1.29, 1.82) is 0 Å². The van der Waals surface area contributed by atoms with Crippen molar-refractivity contribution in [3.8, 4) is 0 Å². The number of fused-ring (bicyclic) bond motifs is 1. The normalized spacial score (nSPS) is 19.1. The second-order valence-corrected chi connectivity index (χ2v) is 8.08. The quantitative estimate of drug-likeness (QED) is 0.912. The van der Waals surface area contributed by atoms with Crippen LogP contribution >= 0.6 is 0 Å². The van der Waals surface area contributed by atoms with E-state index < -0.39 is 5.60 Å². The Labute approximate surface area is 147 Å². The Morgan fingerprint density at radius 2 is 1.96 bits per heavy atom. The summed E-state index contributed by atoms with van der Waals surface area (Å²) in [5.41, 5.74) is 3.61. The second kappa shape index (κ2) is 7.14. The van der Waals surface area contributed by atoms with Crippen molar-refractivity contribution in [2.75, 3.05) is 13.1 Å². The van der Waals surface area contributed by atoms with Crippen LogP contribution in [0.4, 0.5) is 4.79 Å². The smallest absolute Gasteiger partial charge is 0.407 e. The summed E-state index contributed by atoms with van der Waals surface area (Å²) >= 11 is 0. The number of nitrogens with one attached hydrogen (secondary N) is 1. The molecule has 1 aliphatic carbocycles. The number of ether oxygens (including phenoxy) is 1. The number of hydrogen-bond donors (Lipinski definition) is 1. The van der Waals surface area contributed by atoms with Gasteiger partial charge in [0.05, 0.1) is 0 Å². The zero-order valence-corrected chi connectivity index (χ0v) is 15.2. The molecule has 24 heavy (non-hydrogen) atoms. The SMILES string of the molecule is CC(C)(C)OC(=O)NCc1ccc2c(c1)CCN(C1CCC1)CC2.[HH]. The van der Waals surface area contributed by atoms with E-state index in [1.54, 1.807) is 0 Å². The minimum atomic E-state index is -0.456. The van der Waals surface area contributed by atoms with Gasteiger partial charge in [-0.15, -0.1) is 0 Å². The zero-order chi connectivity index (χ0) is 17.2. The van der Waals surface area contributed by atoms with Crippen LogP contribution in [0.25, 0.3) is 0 Å². The number of alkyl carbamates (subject to hydrolysis) is 1. The summed E-state index contributed by atoms with van der Waals surface area (Å²) in [5, 5.41) is 2.85. The van der Waals surface area contributed by atoms with Crippen molar-refractivity contribution in [3.63, 3.8) is 0 Å². The molecular formula is C20H32N2O2. The number of benzene rings is 1. The Hall–Kier alpha value is -1.55. The Morgan fingerprint density at radius 3 is 2.58 bits per heavy atom. The number of rotatable bonds is 3. The molecule has 4 nitrogen and oxygen atoms in total. The maximum absolute atomic E-state index is 11.8. The summed E-state index contributed by atoms with van der Waals surface area (Å²) in [7, 11) is 0. The fourth-order valence-electron chi connectivity index (χ4n) is 3.51. The van der Waals surface area contributed by atoms with Gasteiger partial charge in [-0.2, -0.15) is 0 Å². The average Bonchev–Trinajstić information content (AvgIpc) is 2.64. The van der Waals surface area contributed by atoms with Crippen molar-refractivity contribution in [1.82, 2.24) is 10.2 Å². The maximum atomic E-state index is 11.8. The highest BCUT2D eigenvalue weighted by Crippen LogP contribution is 2.27. The third-order valence-electron chi connectivity index (χ3n) is 5.03. The Morgan fingerprint density at radius 1 is 1.25 bits per heavy atom. The van der Waals surface area contributed by atoms with E-state index in [9.17, 15) is 4.79 Å². The van der Waals surface area contributed by atoms with Crippen molar-refractivity contribution in [3.05, 3.63) is 34.9 Å². The molecule has 0 radical (unpaired) electrons. The Bertz CT molecular complexity index is 594. The summed E-state index contributed by atoms with van der Waals surface area (Å²) in [5.74, 6) is 0. The first-order valence-electron chi connectivity index (χ1n) is 9.22. The van der Waals surface area contributed by atoms with E-state index in [-0.39, 0.29) is 7.52 Å². The average molecular weight is 332 g/mol. The van der Waals surface area contributed by atoms with Crippen molar-refractivity contribution >= 4 is 6.09 Å². The molecule has 134 valence electrons. The lowest BCUT2D eigenvalue weighted by Gasteiger charge is -2.36. The Balaban J connectivity index is 0.00000225. The highest BCUT2D eigenvalue weighted by atomic mass is 16.6. The van der Waals surface area contributed by atoms with Gasteiger partial charge >= 0.3 is 6.09 Å². The Kier molecular flexibility index (Phi) is 5.14. The lowest BCUT2D eigenvalue weighted by atomic mass is 9.91. The first kappa shape index (κ1) is 17.3. The second-order valence-electron chi connectivity index (χ2n) is 8.08. The van der Waals surface area contributed by atoms with E-state index in [4.69, 9.17) is 4.74 Å². The molecule has 1 aliphatic heterocycles. The monoisotopic (exact) mass is 332 g/mol. The molecular weight excluding hydrogens is 300 g/mol. The number of carbonyl (C=O) groups is 1. The van der Waals surface area contributed by atoms with Crippen LogP contribution in [-0.2, 0) is 24.1 Å². The van der Waals surface area contributed by atoms with Gasteiger partial charge in [0.1, 0.15) is 5.60 Å². The van der Waals surface area contributed by atoms with Gasteiger partial charge in [-0.1, -0.05) is 24.6 Å². The van der Waals surface area contributed by atoms with E-state index in [0.29, 0.717) is 6.54 Å².